The lowest BCUT2D eigenvalue weighted by Crippen LogP contribution is -2.63. The van der Waals surface area contributed by atoms with Crippen LogP contribution in [0.1, 0.15) is 62.6 Å². The number of likely N-dealkylation sites (tertiary alicyclic amines) is 1. The van der Waals surface area contributed by atoms with Gasteiger partial charge in [0.25, 0.3) is 0 Å². The number of benzene rings is 2. The zero-order valence-corrected chi connectivity index (χ0v) is 18.7. The highest BCUT2D eigenvalue weighted by Crippen LogP contribution is 2.38. The smallest absolute Gasteiger partial charge is 0.223 e. The number of amides is 1. The number of rotatable bonds is 7. The maximum absolute atomic E-state index is 13.0. The van der Waals surface area contributed by atoms with Crippen LogP contribution in [0.5, 0.6) is 0 Å². The van der Waals surface area contributed by atoms with Gasteiger partial charge in [-0.05, 0) is 56.7 Å². The largest absolute Gasteiger partial charge is 0.388 e. The molecule has 31 heavy (non-hydrogen) atoms. The van der Waals surface area contributed by atoms with Crippen LogP contribution in [0.15, 0.2) is 60.7 Å². The van der Waals surface area contributed by atoms with E-state index in [1.807, 2.05) is 13.0 Å². The van der Waals surface area contributed by atoms with Gasteiger partial charge in [-0.25, -0.2) is 0 Å². The fraction of sp³-hybridized carbons (Fsp3) is 0.519. The second-order valence-corrected chi connectivity index (χ2v) is 9.56. The molecular weight excluding hydrogens is 384 g/mol. The van der Waals surface area contributed by atoms with E-state index in [2.05, 4.69) is 64.8 Å². The molecule has 0 unspecified atom stereocenters. The third-order valence-electron chi connectivity index (χ3n) is 7.20. The van der Waals surface area contributed by atoms with Gasteiger partial charge in [-0.2, -0.15) is 0 Å². The van der Waals surface area contributed by atoms with Crippen LogP contribution in [-0.4, -0.2) is 40.6 Å². The van der Waals surface area contributed by atoms with E-state index in [0.717, 1.165) is 51.6 Å². The van der Waals surface area contributed by atoms with Gasteiger partial charge in [0.15, 0.2) is 0 Å². The summed E-state index contributed by atoms with van der Waals surface area (Å²) in [5.74, 6) is 0.218. The molecule has 4 heteroatoms. The Bertz CT molecular complexity index is 831. The zero-order valence-electron chi connectivity index (χ0n) is 18.7. The predicted molar refractivity (Wildman–Crippen MR) is 125 cm³/mol. The van der Waals surface area contributed by atoms with Crippen LogP contribution >= 0.6 is 0 Å². The summed E-state index contributed by atoms with van der Waals surface area (Å²) in [7, 11) is 0. The van der Waals surface area contributed by atoms with Crippen molar-refractivity contribution >= 4 is 5.91 Å². The van der Waals surface area contributed by atoms with Gasteiger partial charge in [0, 0.05) is 12.5 Å². The number of nitrogens with zero attached hydrogens (tertiary/aromatic N) is 1. The van der Waals surface area contributed by atoms with Crippen molar-refractivity contribution in [1.29, 1.82) is 0 Å². The van der Waals surface area contributed by atoms with Crippen LogP contribution < -0.4 is 5.32 Å². The van der Waals surface area contributed by atoms with Crippen LogP contribution in [0, 0.1) is 5.92 Å². The summed E-state index contributed by atoms with van der Waals surface area (Å²) < 4.78 is 0. The van der Waals surface area contributed by atoms with E-state index in [0.29, 0.717) is 6.42 Å². The van der Waals surface area contributed by atoms with Crippen molar-refractivity contribution in [2.45, 2.75) is 69.6 Å². The van der Waals surface area contributed by atoms with Gasteiger partial charge in [-0.15, -0.1) is 0 Å². The second kappa shape index (κ2) is 9.97. The summed E-state index contributed by atoms with van der Waals surface area (Å²) in [5, 5.41) is 14.6. The molecule has 1 saturated carbocycles. The quantitative estimate of drug-likeness (QED) is 0.694. The molecule has 4 nitrogen and oxygen atoms in total. The standard InChI is InChI=1S/C27H36N2O2/c1-27(31)18-20-29(19-10-13-21-11-4-2-5-12-21)24(22-14-6-3-7-15-22)25(27)28-26(30)23-16-8-9-17-23/h2-7,11-12,14-15,23-25,31H,8-10,13,16-20H2,1H3,(H,28,30)/t24-,25-,27+/m0/s1. The molecule has 2 aliphatic rings. The monoisotopic (exact) mass is 420 g/mol. The summed E-state index contributed by atoms with van der Waals surface area (Å²) in [6, 6.07) is 20.7. The van der Waals surface area contributed by atoms with Gasteiger partial charge in [0.05, 0.1) is 17.7 Å². The van der Waals surface area contributed by atoms with Crippen molar-refractivity contribution in [3.8, 4) is 0 Å². The van der Waals surface area contributed by atoms with Gasteiger partial charge in [-0.3, -0.25) is 9.69 Å². The first kappa shape index (κ1) is 22.0. The van der Waals surface area contributed by atoms with Crippen molar-refractivity contribution in [2.24, 2.45) is 5.92 Å². The molecular formula is C27H36N2O2. The van der Waals surface area contributed by atoms with E-state index in [9.17, 15) is 9.90 Å². The molecule has 1 aliphatic heterocycles. The number of carbonyl (C=O) groups is 1. The highest BCUT2D eigenvalue weighted by atomic mass is 16.3. The number of aliphatic hydroxyl groups is 1. The van der Waals surface area contributed by atoms with Crippen molar-refractivity contribution < 1.29 is 9.90 Å². The minimum absolute atomic E-state index is 0.0222. The fourth-order valence-corrected chi connectivity index (χ4v) is 5.34. The normalized spacial score (nSPS) is 27.3. The first-order chi connectivity index (χ1) is 15.0. The summed E-state index contributed by atoms with van der Waals surface area (Å²) in [5.41, 5.74) is 1.60. The highest BCUT2D eigenvalue weighted by Gasteiger charge is 2.46. The Balaban J connectivity index is 1.53. The Kier molecular flexibility index (Phi) is 7.09. The molecule has 1 amide bonds. The second-order valence-electron chi connectivity index (χ2n) is 9.56. The van der Waals surface area contributed by atoms with Crippen LogP contribution in [0.2, 0.25) is 0 Å². The lowest BCUT2D eigenvalue weighted by Gasteiger charge is -2.49. The van der Waals surface area contributed by atoms with Crippen LogP contribution in [0.4, 0.5) is 0 Å². The van der Waals surface area contributed by atoms with E-state index < -0.39 is 5.60 Å². The van der Waals surface area contributed by atoms with Gasteiger partial charge < -0.3 is 10.4 Å². The van der Waals surface area contributed by atoms with Crippen molar-refractivity contribution in [3.05, 3.63) is 71.8 Å². The Labute approximate surface area is 186 Å². The Morgan fingerprint density at radius 3 is 2.39 bits per heavy atom. The molecule has 4 rings (SSSR count). The van der Waals surface area contributed by atoms with Crippen LogP contribution in [0.3, 0.4) is 0 Å². The topological polar surface area (TPSA) is 52.6 Å². The molecule has 2 N–H and O–H groups in total. The van der Waals surface area contributed by atoms with Gasteiger partial charge >= 0.3 is 0 Å². The van der Waals surface area contributed by atoms with E-state index in [1.54, 1.807) is 0 Å². The summed E-state index contributed by atoms with van der Waals surface area (Å²) >= 11 is 0. The summed E-state index contributed by atoms with van der Waals surface area (Å²) in [4.78, 5) is 15.5. The lowest BCUT2D eigenvalue weighted by molar-refractivity contribution is -0.132. The third kappa shape index (κ3) is 5.36. The Hall–Kier alpha value is -2.17. The molecule has 1 heterocycles. The number of hydrogen-bond acceptors (Lipinski definition) is 3. The highest BCUT2D eigenvalue weighted by molar-refractivity contribution is 5.79. The third-order valence-corrected chi connectivity index (χ3v) is 7.20. The number of aryl methyl sites for hydroxylation is 1. The first-order valence-corrected chi connectivity index (χ1v) is 11.9. The average molecular weight is 421 g/mol. The maximum atomic E-state index is 13.0. The number of piperidine rings is 1. The van der Waals surface area contributed by atoms with Crippen LogP contribution in [0.25, 0.3) is 0 Å². The number of carbonyl (C=O) groups excluding carboxylic acids is 1. The van der Waals surface area contributed by atoms with E-state index in [-0.39, 0.29) is 23.9 Å². The minimum atomic E-state index is -0.926. The molecule has 1 saturated heterocycles. The van der Waals surface area contributed by atoms with Gasteiger partial charge in [0.1, 0.15) is 0 Å². The van der Waals surface area contributed by atoms with Crippen molar-refractivity contribution in [3.63, 3.8) is 0 Å². The maximum Gasteiger partial charge on any atom is 0.223 e. The Morgan fingerprint density at radius 1 is 1.06 bits per heavy atom. The number of nitrogens with one attached hydrogen (secondary N) is 1. The summed E-state index contributed by atoms with van der Waals surface area (Å²) in [6.45, 7) is 3.67. The minimum Gasteiger partial charge on any atom is -0.388 e. The van der Waals surface area contributed by atoms with E-state index in [1.165, 1.54) is 11.1 Å². The predicted octanol–water partition coefficient (Wildman–Crippen LogP) is 4.49. The molecule has 1 aliphatic carbocycles. The molecule has 2 aromatic rings. The van der Waals surface area contributed by atoms with Crippen molar-refractivity contribution in [1.82, 2.24) is 10.2 Å². The molecule has 0 spiro atoms. The summed E-state index contributed by atoms with van der Waals surface area (Å²) in [6.07, 6.45) is 6.96. The zero-order chi connectivity index (χ0) is 21.7. The van der Waals surface area contributed by atoms with E-state index in [4.69, 9.17) is 0 Å². The number of hydrogen-bond donors (Lipinski definition) is 2. The molecule has 3 atom stereocenters. The SMILES string of the molecule is C[C@@]1(O)CCN(CCCc2ccccc2)[C@@H](c2ccccc2)[C@@H]1NC(=O)C1CCCC1. The Morgan fingerprint density at radius 2 is 1.71 bits per heavy atom. The molecule has 0 bridgehead atoms. The fourth-order valence-electron chi connectivity index (χ4n) is 5.34. The molecule has 0 radical (unpaired) electrons. The lowest BCUT2D eigenvalue weighted by atomic mass is 9.79. The van der Waals surface area contributed by atoms with Crippen LogP contribution in [-0.2, 0) is 11.2 Å². The molecule has 0 aromatic heterocycles. The average Bonchev–Trinajstić information content (AvgIpc) is 3.32. The van der Waals surface area contributed by atoms with Gasteiger partial charge in [0.2, 0.25) is 5.91 Å². The van der Waals surface area contributed by atoms with E-state index >= 15 is 0 Å². The van der Waals surface area contributed by atoms with Gasteiger partial charge in [-0.1, -0.05) is 73.5 Å². The van der Waals surface area contributed by atoms with Crippen molar-refractivity contribution in [2.75, 3.05) is 13.1 Å². The first-order valence-electron chi connectivity index (χ1n) is 11.9. The molecule has 2 aromatic carbocycles. The molecule has 2 fully saturated rings. The molecule has 166 valence electrons.